The van der Waals surface area contributed by atoms with Crippen LogP contribution >= 0.6 is 15.9 Å². The van der Waals surface area contributed by atoms with Gasteiger partial charge in [-0.1, -0.05) is 22.0 Å². The smallest absolute Gasteiger partial charge is 0.330 e. The highest BCUT2D eigenvalue weighted by Crippen LogP contribution is 2.31. The van der Waals surface area contributed by atoms with Gasteiger partial charge in [0.1, 0.15) is 0 Å². The minimum absolute atomic E-state index is 0.146. The van der Waals surface area contributed by atoms with E-state index in [2.05, 4.69) is 15.9 Å². The summed E-state index contributed by atoms with van der Waals surface area (Å²) in [6, 6.07) is 5.02. The number of hydrogen-bond acceptors (Lipinski definition) is 4. The van der Waals surface area contributed by atoms with E-state index in [4.69, 9.17) is 4.74 Å². The minimum atomic E-state index is -0.591. The van der Waals surface area contributed by atoms with Crippen molar-refractivity contribution in [2.45, 2.75) is 6.92 Å². The molecule has 2 rings (SSSR count). The van der Waals surface area contributed by atoms with Gasteiger partial charge in [-0.3, -0.25) is 9.59 Å². The molecule has 0 bridgehead atoms. The van der Waals surface area contributed by atoms with Crippen molar-refractivity contribution in [3.05, 3.63) is 40.4 Å². The summed E-state index contributed by atoms with van der Waals surface area (Å²) in [4.78, 5) is 36.2. The standard InChI is InChI=1S/C14H12BrNO4/c1-2-20-12(17)4-3-7-16-11-8-9(15)5-6-10(11)13(18)14(16)19/h3-6,8H,2,7H2,1H3/b4-3+. The number of fused-ring (bicyclic) bond motifs is 1. The maximum absolute atomic E-state index is 11.9. The lowest BCUT2D eigenvalue weighted by Gasteiger charge is -2.13. The van der Waals surface area contributed by atoms with Crippen molar-refractivity contribution in [1.29, 1.82) is 0 Å². The monoisotopic (exact) mass is 337 g/mol. The zero-order valence-corrected chi connectivity index (χ0v) is 12.3. The molecule has 0 radical (unpaired) electrons. The number of carbonyl (C=O) groups is 3. The van der Waals surface area contributed by atoms with E-state index in [1.165, 1.54) is 17.1 Å². The topological polar surface area (TPSA) is 63.7 Å². The van der Waals surface area contributed by atoms with E-state index < -0.39 is 17.7 Å². The molecule has 0 N–H and O–H groups in total. The van der Waals surface area contributed by atoms with Gasteiger partial charge in [0.25, 0.3) is 11.7 Å². The zero-order chi connectivity index (χ0) is 14.7. The Morgan fingerprint density at radius 2 is 2.15 bits per heavy atom. The van der Waals surface area contributed by atoms with Crippen molar-refractivity contribution in [2.75, 3.05) is 18.1 Å². The molecule has 0 atom stereocenters. The molecule has 0 aromatic heterocycles. The predicted octanol–water partition coefficient (Wildman–Crippen LogP) is 2.10. The first-order valence-electron chi connectivity index (χ1n) is 6.03. The summed E-state index contributed by atoms with van der Waals surface area (Å²) >= 11 is 3.30. The Balaban J connectivity index is 2.17. The van der Waals surface area contributed by atoms with E-state index >= 15 is 0 Å². The molecule has 1 heterocycles. The number of esters is 1. The van der Waals surface area contributed by atoms with Gasteiger partial charge < -0.3 is 9.64 Å². The number of amides is 1. The molecule has 0 saturated carbocycles. The van der Waals surface area contributed by atoms with Crippen molar-refractivity contribution in [3.63, 3.8) is 0 Å². The van der Waals surface area contributed by atoms with Gasteiger partial charge in [-0.25, -0.2) is 4.79 Å². The molecule has 1 amide bonds. The second-order valence-electron chi connectivity index (χ2n) is 4.06. The van der Waals surface area contributed by atoms with Gasteiger partial charge in [0.2, 0.25) is 0 Å². The van der Waals surface area contributed by atoms with Crippen molar-refractivity contribution in [2.24, 2.45) is 0 Å². The number of rotatable bonds is 4. The zero-order valence-electron chi connectivity index (χ0n) is 10.8. The van der Waals surface area contributed by atoms with Crippen LogP contribution in [0.4, 0.5) is 5.69 Å². The van der Waals surface area contributed by atoms with Gasteiger partial charge in [-0.05, 0) is 25.1 Å². The summed E-state index contributed by atoms with van der Waals surface area (Å²) in [6.45, 7) is 2.15. The summed E-state index contributed by atoms with van der Waals surface area (Å²) < 4.78 is 5.52. The normalized spacial score (nSPS) is 14.0. The molecule has 6 heteroatoms. The lowest BCUT2D eigenvalue weighted by atomic mass is 10.1. The fourth-order valence-electron chi connectivity index (χ4n) is 1.89. The van der Waals surface area contributed by atoms with E-state index in [1.54, 1.807) is 25.1 Å². The average Bonchev–Trinajstić information content (AvgIpc) is 2.63. The molecular weight excluding hydrogens is 326 g/mol. The minimum Gasteiger partial charge on any atom is -0.463 e. The van der Waals surface area contributed by atoms with Crippen LogP contribution in [0, 0.1) is 0 Å². The molecule has 1 aliphatic rings. The van der Waals surface area contributed by atoms with E-state index in [-0.39, 0.29) is 6.54 Å². The quantitative estimate of drug-likeness (QED) is 0.479. The second kappa shape index (κ2) is 6.00. The van der Waals surface area contributed by atoms with E-state index in [1.807, 2.05) is 0 Å². The molecule has 1 aromatic rings. The molecule has 1 aromatic carbocycles. The Hall–Kier alpha value is -1.95. The van der Waals surface area contributed by atoms with Gasteiger partial charge in [0, 0.05) is 17.1 Å². The first-order valence-corrected chi connectivity index (χ1v) is 6.83. The summed E-state index contributed by atoms with van der Waals surface area (Å²) in [5, 5.41) is 0. The summed E-state index contributed by atoms with van der Waals surface area (Å²) in [5.41, 5.74) is 0.922. The van der Waals surface area contributed by atoms with Crippen molar-refractivity contribution < 1.29 is 19.1 Å². The average molecular weight is 338 g/mol. The first kappa shape index (κ1) is 14.5. The third-order valence-electron chi connectivity index (χ3n) is 2.76. The van der Waals surface area contributed by atoms with Gasteiger partial charge in [-0.15, -0.1) is 0 Å². The molecule has 20 heavy (non-hydrogen) atoms. The summed E-state index contributed by atoms with van der Waals surface area (Å²) in [5.74, 6) is -1.59. The Kier molecular flexibility index (Phi) is 4.34. The van der Waals surface area contributed by atoms with Crippen LogP contribution in [0.1, 0.15) is 17.3 Å². The molecule has 0 spiro atoms. The highest BCUT2D eigenvalue weighted by Gasteiger charge is 2.35. The Bertz CT molecular complexity index is 609. The van der Waals surface area contributed by atoms with Gasteiger partial charge in [0.15, 0.2) is 0 Å². The van der Waals surface area contributed by atoms with Crippen LogP contribution in [0.25, 0.3) is 0 Å². The lowest BCUT2D eigenvalue weighted by molar-refractivity contribution is -0.137. The number of hydrogen-bond donors (Lipinski definition) is 0. The van der Waals surface area contributed by atoms with E-state index in [0.717, 1.165) is 4.47 Å². The van der Waals surface area contributed by atoms with Crippen LogP contribution in [-0.2, 0) is 14.3 Å². The largest absolute Gasteiger partial charge is 0.463 e. The summed E-state index contributed by atoms with van der Waals surface area (Å²) in [6.07, 6.45) is 2.75. The Morgan fingerprint density at radius 1 is 1.40 bits per heavy atom. The van der Waals surface area contributed by atoms with E-state index in [0.29, 0.717) is 17.9 Å². The highest BCUT2D eigenvalue weighted by molar-refractivity contribution is 9.10. The third kappa shape index (κ3) is 2.80. The maximum Gasteiger partial charge on any atom is 0.330 e. The number of carbonyl (C=O) groups excluding carboxylic acids is 3. The van der Waals surface area contributed by atoms with Crippen LogP contribution < -0.4 is 4.90 Å². The Morgan fingerprint density at radius 3 is 2.85 bits per heavy atom. The predicted molar refractivity (Wildman–Crippen MR) is 76.6 cm³/mol. The number of anilines is 1. The molecule has 0 fully saturated rings. The Labute approximate surface area is 124 Å². The van der Waals surface area contributed by atoms with Crippen molar-refractivity contribution in [3.8, 4) is 0 Å². The van der Waals surface area contributed by atoms with E-state index in [9.17, 15) is 14.4 Å². The number of ketones is 1. The summed E-state index contributed by atoms with van der Waals surface area (Å²) in [7, 11) is 0. The van der Waals surface area contributed by atoms with Gasteiger partial charge in [-0.2, -0.15) is 0 Å². The van der Waals surface area contributed by atoms with Crippen LogP contribution in [-0.4, -0.2) is 30.8 Å². The fraction of sp³-hybridized carbons (Fsp3) is 0.214. The fourth-order valence-corrected chi connectivity index (χ4v) is 2.24. The number of benzene rings is 1. The highest BCUT2D eigenvalue weighted by atomic mass is 79.9. The molecule has 0 unspecified atom stereocenters. The molecule has 1 aliphatic heterocycles. The van der Waals surface area contributed by atoms with Crippen LogP contribution in [0.15, 0.2) is 34.8 Å². The van der Waals surface area contributed by atoms with Crippen LogP contribution in [0.3, 0.4) is 0 Å². The lowest BCUT2D eigenvalue weighted by Crippen LogP contribution is -2.29. The number of nitrogens with zero attached hydrogens (tertiary/aromatic N) is 1. The van der Waals surface area contributed by atoms with Crippen molar-refractivity contribution in [1.82, 2.24) is 0 Å². The number of ether oxygens (including phenoxy) is 1. The van der Waals surface area contributed by atoms with Gasteiger partial charge >= 0.3 is 5.97 Å². The van der Waals surface area contributed by atoms with Gasteiger partial charge in [0.05, 0.1) is 17.9 Å². The molecular formula is C14H12BrNO4. The molecule has 5 nitrogen and oxygen atoms in total. The van der Waals surface area contributed by atoms with Crippen LogP contribution in [0.2, 0.25) is 0 Å². The molecule has 0 aliphatic carbocycles. The molecule has 0 saturated heterocycles. The van der Waals surface area contributed by atoms with Crippen molar-refractivity contribution >= 4 is 39.3 Å². The molecule has 104 valence electrons. The second-order valence-corrected chi connectivity index (χ2v) is 4.98. The van der Waals surface area contributed by atoms with Crippen LogP contribution in [0.5, 0.6) is 0 Å². The number of halogens is 1. The SMILES string of the molecule is CCOC(=O)/C=C/CN1C(=O)C(=O)c2ccc(Br)cc21. The maximum atomic E-state index is 11.9. The third-order valence-corrected chi connectivity index (χ3v) is 3.26. The first-order chi connectivity index (χ1) is 9.54. The number of Topliss-reactive ketones (excluding diaryl/α,β-unsaturated/α-hetero) is 1.